The second-order valence-electron chi connectivity index (χ2n) is 12.7. The molecular weight excluding hydrogens is 600 g/mol. The van der Waals surface area contributed by atoms with Gasteiger partial charge in [-0.15, -0.1) is 0 Å². The highest BCUT2D eigenvalue weighted by atomic mass is 16.7. The fourth-order valence-electron chi connectivity index (χ4n) is 6.65. The third-order valence-corrected chi connectivity index (χ3v) is 9.49. The van der Waals surface area contributed by atoms with E-state index in [4.69, 9.17) is 24.1 Å². The number of carbonyl (C=O) groups is 2. The molecule has 3 N–H and O–H groups in total. The molecule has 10 nitrogen and oxygen atoms in total. The maximum Gasteiger partial charge on any atom is 0.303 e. The molecule has 3 heterocycles. The zero-order valence-corrected chi connectivity index (χ0v) is 26.8. The molecule has 0 unspecified atom stereocenters. The summed E-state index contributed by atoms with van der Waals surface area (Å²) < 4.78 is 25.3. The molecule has 3 aromatic carbocycles. The second-order valence-corrected chi connectivity index (χ2v) is 12.7. The standard InChI is InChI=1S/C37H44N2O8/c1-25-32(23-39-17-15-37(16-18-39)44-19-20-45-37)46-36(47-35(25)29-7-5-26(24-40)6-8-29)30-11-9-28(10-12-30)31-4-2-3-27(21-31)22-38-33(41)13-14-34(42)43/h2-12,21,25,32,35-36,40H,13-20,22-24H2,1H3,(H,38,41)(H,42,43)/t25-,32+,35+,36+/m1/s1. The van der Waals surface area contributed by atoms with Crippen molar-refractivity contribution in [1.82, 2.24) is 10.2 Å². The first kappa shape index (κ1) is 33.3. The number of rotatable bonds is 11. The van der Waals surface area contributed by atoms with Gasteiger partial charge in [-0.2, -0.15) is 0 Å². The summed E-state index contributed by atoms with van der Waals surface area (Å²) >= 11 is 0. The van der Waals surface area contributed by atoms with Crippen LogP contribution in [0.4, 0.5) is 0 Å². The van der Waals surface area contributed by atoms with Crippen LogP contribution >= 0.6 is 0 Å². The molecular formula is C37H44N2O8. The smallest absolute Gasteiger partial charge is 0.303 e. The monoisotopic (exact) mass is 644 g/mol. The van der Waals surface area contributed by atoms with Crippen LogP contribution in [0.5, 0.6) is 0 Å². The van der Waals surface area contributed by atoms with E-state index in [0.29, 0.717) is 19.8 Å². The molecule has 3 saturated heterocycles. The lowest BCUT2D eigenvalue weighted by Gasteiger charge is -2.44. The molecule has 0 saturated carbocycles. The normalized spacial score (nSPS) is 24.3. The average molecular weight is 645 g/mol. The van der Waals surface area contributed by atoms with Crippen molar-refractivity contribution in [3.8, 4) is 11.1 Å². The van der Waals surface area contributed by atoms with Gasteiger partial charge in [-0.1, -0.05) is 73.7 Å². The summed E-state index contributed by atoms with van der Waals surface area (Å²) in [6.07, 6.45) is 0.646. The van der Waals surface area contributed by atoms with Gasteiger partial charge in [-0.3, -0.25) is 9.59 Å². The number of piperidine rings is 1. The Morgan fingerprint density at radius 1 is 0.872 bits per heavy atom. The molecule has 1 spiro atoms. The number of nitrogens with zero attached hydrogens (tertiary/aromatic N) is 1. The lowest BCUT2D eigenvalue weighted by Crippen LogP contribution is -2.50. The van der Waals surface area contributed by atoms with Gasteiger partial charge < -0.3 is 39.4 Å². The van der Waals surface area contributed by atoms with E-state index < -0.39 is 18.0 Å². The minimum Gasteiger partial charge on any atom is -0.481 e. The Morgan fingerprint density at radius 3 is 2.26 bits per heavy atom. The van der Waals surface area contributed by atoms with E-state index in [1.54, 1.807) is 0 Å². The van der Waals surface area contributed by atoms with Crippen LogP contribution in [0.2, 0.25) is 0 Å². The van der Waals surface area contributed by atoms with Crippen molar-refractivity contribution < 1.29 is 38.7 Å². The van der Waals surface area contributed by atoms with E-state index in [2.05, 4.69) is 29.3 Å². The third kappa shape index (κ3) is 8.27. The van der Waals surface area contributed by atoms with Gasteiger partial charge >= 0.3 is 5.97 Å². The van der Waals surface area contributed by atoms with E-state index in [9.17, 15) is 14.7 Å². The second kappa shape index (κ2) is 15.1. The van der Waals surface area contributed by atoms with Gasteiger partial charge in [0.1, 0.15) is 0 Å². The molecule has 6 rings (SSSR count). The predicted octanol–water partition coefficient (Wildman–Crippen LogP) is 4.96. The van der Waals surface area contributed by atoms with Crippen LogP contribution in [0.3, 0.4) is 0 Å². The van der Waals surface area contributed by atoms with Crippen LogP contribution in [0.25, 0.3) is 11.1 Å². The number of carboxylic acid groups (broad SMARTS) is 1. The van der Waals surface area contributed by atoms with Crippen LogP contribution in [0, 0.1) is 5.92 Å². The van der Waals surface area contributed by atoms with Crippen molar-refractivity contribution in [2.75, 3.05) is 32.8 Å². The zero-order valence-electron chi connectivity index (χ0n) is 26.8. The molecule has 0 aliphatic carbocycles. The van der Waals surface area contributed by atoms with Gasteiger partial charge in [0.15, 0.2) is 12.1 Å². The summed E-state index contributed by atoms with van der Waals surface area (Å²) in [4.78, 5) is 25.2. The van der Waals surface area contributed by atoms with Crippen molar-refractivity contribution in [1.29, 1.82) is 0 Å². The van der Waals surface area contributed by atoms with E-state index in [0.717, 1.165) is 65.9 Å². The largest absolute Gasteiger partial charge is 0.481 e. The van der Waals surface area contributed by atoms with E-state index in [1.807, 2.05) is 60.7 Å². The highest BCUT2D eigenvalue weighted by Gasteiger charge is 2.43. The molecule has 3 fully saturated rings. The minimum absolute atomic E-state index is 0.00369. The quantitative estimate of drug-likeness (QED) is 0.266. The fourth-order valence-corrected chi connectivity index (χ4v) is 6.65. The van der Waals surface area contributed by atoms with E-state index >= 15 is 0 Å². The molecule has 4 atom stereocenters. The topological polar surface area (TPSA) is 127 Å². The Hall–Kier alpha value is -3.64. The Labute approximate surface area is 275 Å². The zero-order chi connectivity index (χ0) is 32.8. The highest BCUT2D eigenvalue weighted by molar-refractivity contribution is 5.80. The van der Waals surface area contributed by atoms with Crippen LogP contribution < -0.4 is 5.32 Å². The van der Waals surface area contributed by atoms with Crippen molar-refractivity contribution in [2.24, 2.45) is 5.92 Å². The van der Waals surface area contributed by atoms with Gasteiger partial charge in [0, 0.05) is 56.9 Å². The van der Waals surface area contributed by atoms with Gasteiger partial charge in [0.05, 0.1) is 38.4 Å². The highest BCUT2D eigenvalue weighted by Crippen LogP contribution is 2.42. The Morgan fingerprint density at radius 2 is 1.57 bits per heavy atom. The van der Waals surface area contributed by atoms with Gasteiger partial charge in [-0.05, 0) is 33.9 Å². The number of carboxylic acids is 1. The summed E-state index contributed by atoms with van der Waals surface area (Å²) in [5, 5.41) is 21.2. The summed E-state index contributed by atoms with van der Waals surface area (Å²) in [5.41, 5.74) is 5.79. The first-order valence-corrected chi connectivity index (χ1v) is 16.5. The summed E-state index contributed by atoms with van der Waals surface area (Å²) in [5.74, 6) is -1.61. The molecule has 10 heteroatoms. The van der Waals surface area contributed by atoms with Crippen LogP contribution in [-0.2, 0) is 41.7 Å². The van der Waals surface area contributed by atoms with Crippen LogP contribution in [0.15, 0.2) is 72.8 Å². The number of amides is 1. The fraction of sp³-hybridized carbons (Fsp3) is 0.459. The molecule has 3 aliphatic rings. The van der Waals surface area contributed by atoms with Crippen molar-refractivity contribution >= 4 is 11.9 Å². The average Bonchev–Trinajstić information content (AvgIpc) is 3.56. The summed E-state index contributed by atoms with van der Waals surface area (Å²) in [6.45, 7) is 6.38. The van der Waals surface area contributed by atoms with Crippen molar-refractivity contribution in [3.63, 3.8) is 0 Å². The first-order chi connectivity index (χ1) is 22.8. The molecule has 250 valence electrons. The maximum absolute atomic E-state index is 12.0. The van der Waals surface area contributed by atoms with Gasteiger partial charge in [-0.25, -0.2) is 0 Å². The Kier molecular flexibility index (Phi) is 10.7. The number of benzene rings is 3. The lowest BCUT2D eigenvalue weighted by atomic mass is 9.89. The number of carbonyl (C=O) groups excluding carboxylic acids is 1. The maximum atomic E-state index is 12.0. The number of nitrogens with one attached hydrogen (secondary N) is 1. The minimum atomic E-state index is -0.989. The molecule has 0 aromatic heterocycles. The molecule has 3 aromatic rings. The van der Waals surface area contributed by atoms with E-state index in [1.165, 1.54) is 0 Å². The number of likely N-dealkylation sites (tertiary alicyclic amines) is 1. The van der Waals surface area contributed by atoms with E-state index in [-0.39, 0.29) is 43.5 Å². The number of ether oxygens (including phenoxy) is 4. The molecule has 3 aliphatic heterocycles. The predicted molar refractivity (Wildman–Crippen MR) is 174 cm³/mol. The molecule has 0 bridgehead atoms. The number of aliphatic hydroxyl groups excluding tert-OH is 1. The number of aliphatic carboxylic acids is 1. The summed E-state index contributed by atoms with van der Waals surface area (Å²) in [6, 6.07) is 24.1. The summed E-state index contributed by atoms with van der Waals surface area (Å²) in [7, 11) is 0. The van der Waals surface area contributed by atoms with Crippen LogP contribution in [0.1, 0.15) is 67.3 Å². The lowest BCUT2D eigenvalue weighted by molar-refractivity contribution is -0.278. The van der Waals surface area contributed by atoms with Crippen molar-refractivity contribution in [2.45, 2.75) is 70.0 Å². The molecule has 1 amide bonds. The Bertz CT molecular complexity index is 1500. The first-order valence-electron chi connectivity index (χ1n) is 16.5. The molecule has 47 heavy (non-hydrogen) atoms. The number of aliphatic hydroxyl groups is 1. The van der Waals surface area contributed by atoms with Crippen LogP contribution in [-0.4, -0.2) is 71.7 Å². The van der Waals surface area contributed by atoms with Gasteiger partial charge in [0.25, 0.3) is 0 Å². The van der Waals surface area contributed by atoms with Crippen molar-refractivity contribution in [3.05, 3.63) is 95.1 Å². The molecule has 0 radical (unpaired) electrons. The third-order valence-electron chi connectivity index (χ3n) is 9.49. The Balaban J connectivity index is 1.15. The number of hydrogen-bond acceptors (Lipinski definition) is 8. The number of hydrogen-bond donors (Lipinski definition) is 3. The SMILES string of the molecule is C[C@@H]1[C@H](CN2CCC3(CC2)OCCO3)O[C@H](c2ccc(-c3cccc(CNC(=O)CCC(=O)O)c3)cc2)O[C@@H]1c1ccc(CO)cc1. The van der Waals surface area contributed by atoms with Gasteiger partial charge in [0.2, 0.25) is 5.91 Å².